The smallest absolute Gasteiger partial charge is 0.150 e. The van der Waals surface area contributed by atoms with Crippen molar-refractivity contribution in [3.63, 3.8) is 0 Å². The molecule has 2 fully saturated rings. The summed E-state index contributed by atoms with van der Waals surface area (Å²) in [6.45, 7) is 0.265. The van der Waals surface area contributed by atoms with Crippen LogP contribution in [0.5, 0.6) is 5.75 Å². The molecule has 1 aromatic heterocycles. The van der Waals surface area contributed by atoms with Crippen LogP contribution in [-0.4, -0.2) is 67.4 Å². The fourth-order valence-electron chi connectivity index (χ4n) is 4.67. The predicted molar refractivity (Wildman–Crippen MR) is 135 cm³/mol. The molecule has 198 valence electrons. The number of halogens is 2. The lowest BCUT2D eigenvalue weighted by Crippen LogP contribution is -2.30. The van der Waals surface area contributed by atoms with Crippen LogP contribution in [0.25, 0.3) is 10.9 Å². The van der Waals surface area contributed by atoms with Crippen molar-refractivity contribution in [2.24, 2.45) is 4.36 Å². The van der Waals surface area contributed by atoms with Crippen LogP contribution in [-0.2, 0) is 14.5 Å². The first-order valence-corrected chi connectivity index (χ1v) is 14.0. The fourth-order valence-corrected chi connectivity index (χ4v) is 6.49. The van der Waals surface area contributed by atoms with Crippen LogP contribution in [0.1, 0.15) is 25.7 Å². The minimum absolute atomic E-state index is 0.0735. The zero-order valence-corrected chi connectivity index (χ0v) is 21.0. The fraction of sp³-hybridized carbons (Fsp3) is 0.440. The third-order valence-electron chi connectivity index (χ3n) is 6.70. The number of anilines is 2. The molecule has 1 saturated carbocycles. The molecule has 1 aliphatic carbocycles. The van der Waals surface area contributed by atoms with Gasteiger partial charge in [-0.05, 0) is 43.9 Å². The van der Waals surface area contributed by atoms with E-state index in [1.165, 1.54) is 24.5 Å². The Morgan fingerprint density at radius 3 is 2.62 bits per heavy atom. The Kier molecular flexibility index (Phi) is 7.26. The Labute approximate surface area is 213 Å². The van der Waals surface area contributed by atoms with Crippen molar-refractivity contribution in [2.45, 2.75) is 49.2 Å². The van der Waals surface area contributed by atoms with Crippen LogP contribution in [0.3, 0.4) is 0 Å². The van der Waals surface area contributed by atoms with E-state index in [2.05, 4.69) is 19.6 Å². The molecular weight excluding hydrogens is 506 g/mol. The molecule has 3 N–H and O–H groups in total. The number of aliphatic hydroxyl groups excluding tert-OH is 2. The Bertz CT molecular complexity index is 1420. The molecule has 1 unspecified atom stereocenters. The average Bonchev–Trinajstić information content (AvgIpc) is 3.25. The van der Waals surface area contributed by atoms with Crippen molar-refractivity contribution >= 4 is 37.8 Å². The van der Waals surface area contributed by atoms with Crippen molar-refractivity contribution in [3.8, 4) is 5.75 Å². The summed E-state index contributed by atoms with van der Waals surface area (Å²) >= 11 is 0. The quantitative estimate of drug-likeness (QED) is 0.436. The normalized spacial score (nSPS) is 25.5. The highest BCUT2D eigenvalue weighted by Crippen LogP contribution is 2.35. The molecule has 1 saturated heterocycles. The third kappa shape index (κ3) is 5.66. The minimum Gasteiger partial charge on any atom is -0.483 e. The highest BCUT2D eigenvalue weighted by molar-refractivity contribution is 7.93. The number of aromatic nitrogens is 2. The van der Waals surface area contributed by atoms with Gasteiger partial charge >= 0.3 is 0 Å². The van der Waals surface area contributed by atoms with Crippen molar-refractivity contribution < 1.29 is 32.7 Å². The second-order valence-electron chi connectivity index (χ2n) is 9.45. The molecule has 2 aromatic carbocycles. The maximum Gasteiger partial charge on any atom is 0.150 e. The Morgan fingerprint density at radius 1 is 1.11 bits per heavy atom. The van der Waals surface area contributed by atoms with E-state index < -0.39 is 33.6 Å². The molecule has 37 heavy (non-hydrogen) atoms. The highest BCUT2D eigenvalue weighted by Gasteiger charge is 2.29. The summed E-state index contributed by atoms with van der Waals surface area (Å²) in [4.78, 5) is 8.33. The van der Waals surface area contributed by atoms with E-state index in [1.807, 2.05) is 0 Å². The van der Waals surface area contributed by atoms with Gasteiger partial charge in [0.05, 0.1) is 51.3 Å². The summed E-state index contributed by atoms with van der Waals surface area (Å²) in [5, 5.41) is 22.6. The molecule has 2 aliphatic rings. The average molecular weight is 535 g/mol. The number of ether oxygens (including phenoxy) is 2. The monoisotopic (exact) mass is 534 g/mol. The van der Waals surface area contributed by atoms with E-state index in [-0.39, 0.29) is 52.7 Å². The largest absolute Gasteiger partial charge is 0.483 e. The summed E-state index contributed by atoms with van der Waals surface area (Å²) < 4.78 is 58.0. The Balaban J connectivity index is 1.46. The van der Waals surface area contributed by atoms with Crippen molar-refractivity contribution in [1.29, 1.82) is 0 Å². The number of aliphatic hydroxyl groups is 2. The number of hydrogen-bond acceptors (Lipinski definition) is 9. The standard InChI is InChI=1S/C25H28F2N4O5S/c1-37(34,17-5-3-16(32)4-6-17)31-15-9-18(27)24-20(10-15)28-13-29-25(24)30-19-7-2-14(26)8-22(19)36-23-12-35-11-21(23)33/h2,7-10,13,16-17,21,23,32-33H,3-6,11-12H2,1H3,(H,28,29,30)/t16?,17?,21-,23-,37?/m0/s1. The van der Waals surface area contributed by atoms with Gasteiger partial charge in [0.2, 0.25) is 0 Å². The van der Waals surface area contributed by atoms with Crippen LogP contribution in [0, 0.1) is 11.6 Å². The molecule has 5 rings (SSSR count). The first kappa shape index (κ1) is 25.7. The number of benzene rings is 2. The van der Waals surface area contributed by atoms with Crippen molar-refractivity contribution in [3.05, 3.63) is 48.3 Å². The zero-order valence-electron chi connectivity index (χ0n) is 20.1. The number of fused-ring (bicyclic) bond motifs is 1. The maximum atomic E-state index is 15.4. The molecule has 2 heterocycles. The van der Waals surface area contributed by atoms with Crippen molar-refractivity contribution in [1.82, 2.24) is 9.97 Å². The second-order valence-corrected chi connectivity index (χ2v) is 12.0. The molecule has 12 heteroatoms. The van der Waals surface area contributed by atoms with E-state index in [1.54, 1.807) is 12.3 Å². The van der Waals surface area contributed by atoms with Gasteiger partial charge in [0.1, 0.15) is 35.6 Å². The van der Waals surface area contributed by atoms with Crippen LogP contribution in [0.4, 0.5) is 26.0 Å². The van der Waals surface area contributed by atoms with Crippen LogP contribution in [0.15, 0.2) is 41.0 Å². The van der Waals surface area contributed by atoms with Gasteiger partial charge in [0, 0.05) is 23.6 Å². The minimum atomic E-state index is -2.67. The summed E-state index contributed by atoms with van der Waals surface area (Å²) in [5.41, 5.74) is 0.758. The number of hydrogen-bond donors (Lipinski definition) is 3. The molecule has 0 bridgehead atoms. The molecule has 3 atom stereocenters. The molecule has 9 nitrogen and oxygen atoms in total. The van der Waals surface area contributed by atoms with E-state index in [0.717, 1.165) is 6.07 Å². The third-order valence-corrected chi connectivity index (χ3v) is 8.98. The van der Waals surface area contributed by atoms with Gasteiger partial charge in [-0.1, -0.05) is 0 Å². The van der Waals surface area contributed by atoms with E-state index >= 15 is 4.39 Å². The highest BCUT2D eigenvalue weighted by atomic mass is 32.2. The van der Waals surface area contributed by atoms with Gasteiger partial charge < -0.3 is 25.0 Å². The lowest BCUT2D eigenvalue weighted by Gasteiger charge is -2.26. The van der Waals surface area contributed by atoms with E-state index in [9.17, 15) is 18.8 Å². The summed E-state index contributed by atoms with van der Waals surface area (Å²) in [7, 11) is -2.67. The van der Waals surface area contributed by atoms with Crippen LogP contribution < -0.4 is 10.1 Å². The second kappa shape index (κ2) is 10.4. The molecule has 1 aliphatic heterocycles. The number of rotatable bonds is 6. The number of nitrogens with zero attached hydrogens (tertiary/aromatic N) is 3. The van der Waals surface area contributed by atoms with E-state index in [4.69, 9.17) is 9.47 Å². The van der Waals surface area contributed by atoms with Crippen LogP contribution >= 0.6 is 0 Å². The van der Waals surface area contributed by atoms with Crippen molar-refractivity contribution in [2.75, 3.05) is 24.8 Å². The van der Waals surface area contributed by atoms with Crippen LogP contribution in [0.2, 0.25) is 0 Å². The lowest BCUT2D eigenvalue weighted by molar-refractivity contribution is 0.0736. The van der Waals surface area contributed by atoms with Gasteiger partial charge in [-0.3, -0.25) is 0 Å². The first-order valence-electron chi connectivity index (χ1n) is 12.0. The molecule has 0 radical (unpaired) electrons. The summed E-state index contributed by atoms with van der Waals surface area (Å²) in [5.74, 6) is -0.990. The maximum absolute atomic E-state index is 15.4. The number of nitrogens with one attached hydrogen (secondary N) is 1. The molecule has 3 aromatic rings. The van der Waals surface area contributed by atoms with Gasteiger partial charge in [0.25, 0.3) is 0 Å². The molecular formula is C25H28F2N4O5S. The summed E-state index contributed by atoms with van der Waals surface area (Å²) in [6, 6.07) is 6.53. The lowest BCUT2D eigenvalue weighted by atomic mass is 9.97. The van der Waals surface area contributed by atoms with Gasteiger partial charge in [-0.15, -0.1) is 0 Å². The zero-order chi connectivity index (χ0) is 26.2. The Morgan fingerprint density at radius 2 is 1.89 bits per heavy atom. The van der Waals surface area contributed by atoms with E-state index in [0.29, 0.717) is 31.4 Å². The van der Waals surface area contributed by atoms with Gasteiger partial charge in [0.15, 0.2) is 6.10 Å². The Hall–Kier alpha value is -2.93. The van der Waals surface area contributed by atoms with Gasteiger partial charge in [-0.2, -0.15) is 4.36 Å². The molecule has 0 spiro atoms. The van der Waals surface area contributed by atoms with Gasteiger partial charge in [-0.25, -0.2) is 23.0 Å². The predicted octanol–water partition coefficient (Wildman–Crippen LogP) is 3.82. The summed E-state index contributed by atoms with van der Waals surface area (Å²) in [6.07, 6.45) is 3.23. The first-order chi connectivity index (χ1) is 17.7. The SMILES string of the molecule is CS(=O)(=Nc1cc(F)c2c(Nc3ccc(F)cc3O[C@H]3COC[C@@H]3O)ncnc2c1)C1CCC(O)CC1. The topological polar surface area (TPSA) is 126 Å². The molecule has 0 amide bonds.